The number of ether oxygens (including phenoxy) is 1. The van der Waals surface area contributed by atoms with Crippen molar-refractivity contribution in [1.82, 2.24) is 14.5 Å². The Bertz CT molecular complexity index is 705. The lowest BCUT2D eigenvalue weighted by atomic mass is 9.99. The predicted octanol–water partition coefficient (Wildman–Crippen LogP) is 0.413. The molecule has 12 heteroatoms. The molecule has 24 heavy (non-hydrogen) atoms. The van der Waals surface area contributed by atoms with E-state index in [4.69, 9.17) is 0 Å². The average Bonchev–Trinajstić information content (AvgIpc) is 2.99. The number of nitrogens with zero attached hydrogens (tertiary/aromatic N) is 3. The van der Waals surface area contributed by atoms with Crippen LogP contribution in [0.15, 0.2) is 4.34 Å². The van der Waals surface area contributed by atoms with Gasteiger partial charge in [-0.2, -0.15) is 0 Å². The highest BCUT2D eigenvalue weighted by atomic mass is 32.2. The van der Waals surface area contributed by atoms with Crippen molar-refractivity contribution in [1.29, 1.82) is 0 Å². The van der Waals surface area contributed by atoms with Crippen molar-refractivity contribution in [2.75, 3.05) is 37.5 Å². The molecule has 1 saturated heterocycles. The van der Waals surface area contributed by atoms with Gasteiger partial charge in [0.15, 0.2) is 4.34 Å². The van der Waals surface area contributed by atoms with Gasteiger partial charge < -0.3 is 10.1 Å². The van der Waals surface area contributed by atoms with Crippen LogP contribution in [0.3, 0.4) is 0 Å². The number of rotatable bonds is 6. The maximum Gasteiger partial charge on any atom is 0.316 e. The Labute approximate surface area is 148 Å². The molecule has 9 nitrogen and oxygen atoms in total. The van der Waals surface area contributed by atoms with E-state index in [0.717, 1.165) is 17.6 Å². The van der Waals surface area contributed by atoms with E-state index < -0.39 is 15.9 Å². The number of hydrogen-bond acceptors (Lipinski definition) is 9. The molecule has 1 aromatic heterocycles. The lowest BCUT2D eigenvalue weighted by molar-refractivity contribution is -0.137. The van der Waals surface area contributed by atoms with Gasteiger partial charge in [-0.3, -0.25) is 9.59 Å². The van der Waals surface area contributed by atoms with Crippen molar-refractivity contribution in [3.8, 4) is 0 Å². The van der Waals surface area contributed by atoms with E-state index in [9.17, 15) is 18.0 Å². The van der Waals surface area contributed by atoms with Crippen LogP contribution in [-0.2, 0) is 24.3 Å². The maximum absolute atomic E-state index is 12.3. The fourth-order valence-electron chi connectivity index (χ4n) is 2.16. The van der Waals surface area contributed by atoms with Crippen LogP contribution in [0.1, 0.15) is 12.8 Å². The van der Waals surface area contributed by atoms with Crippen LogP contribution in [-0.4, -0.2) is 67.0 Å². The lowest BCUT2D eigenvalue weighted by Crippen LogP contribution is -2.43. The van der Waals surface area contributed by atoms with Crippen LogP contribution in [0.25, 0.3) is 0 Å². The number of methoxy groups -OCH3 is 1. The van der Waals surface area contributed by atoms with Gasteiger partial charge in [-0.15, -0.1) is 10.2 Å². The second-order valence-corrected chi connectivity index (χ2v) is 9.37. The van der Waals surface area contributed by atoms with E-state index in [0.29, 0.717) is 28.9 Å². The minimum absolute atomic E-state index is 0.116. The summed E-state index contributed by atoms with van der Waals surface area (Å²) in [6.45, 7) is 0.614. The Morgan fingerprint density at radius 3 is 2.88 bits per heavy atom. The first-order valence-electron chi connectivity index (χ1n) is 7.08. The Morgan fingerprint density at radius 2 is 2.21 bits per heavy atom. The molecule has 2 rings (SSSR count). The zero-order valence-corrected chi connectivity index (χ0v) is 15.7. The SMILES string of the molecule is COC(=O)CSc1nnc(NC(=O)C2CCCN(S(C)(=O)=O)C2)s1. The summed E-state index contributed by atoms with van der Waals surface area (Å²) in [5.74, 6) is -0.943. The highest BCUT2D eigenvalue weighted by molar-refractivity contribution is 8.01. The van der Waals surface area contributed by atoms with Crippen LogP contribution in [0.4, 0.5) is 5.13 Å². The number of esters is 1. The highest BCUT2D eigenvalue weighted by Crippen LogP contribution is 2.27. The van der Waals surface area contributed by atoms with E-state index >= 15 is 0 Å². The van der Waals surface area contributed by atoms with Crippen molar-refractivity contribution >= 4 is 50.1 Å². The Balaban J connectivity index is 1.90. The molecule has 1 unspecified atom stereocenters. The number of carbonyl (C=O) groups excluding carboxylic acids is 2. The molecule has 1 atom stereocenters. The normalized spacial score (nSPS) is 19.0. The summed E-state index contributed by atoms with van der Waals surface area (Å²) in [5.41, 5.74) is 0. The van der Waals surface area contributed by atoms with Gasteiger partial charge in [-0.1, -0.05) is 23.1 Å². The molecular formula is C12H18N4O5S3. The van der Waals surface area contributed by atoms with Crippen LogP contribution in [0, 0.1) is 5.92 Å². The van der Waals surface area contributed by atoms with Gasteiger partial charge in [-0.25, -0.2) is 12.7 Å². The summed E-state index contributed by atoms with van der Waals surface area (Å²) in [7, 11) is -1.99. The van der Waals surface area contributed by atoms with Crippen LogP contribution >= 0.6 is 23.1 Å². The molecule has 0 aromatic carbocycles. The van der Waals surface area contributed by atoms with Gasteiger partial charge in [0.1, 0.15) is 0 Å². The molecule has 1 aromatic rings. The average molecular weight is 395 g/mol. The van der Waals surface area contributed by atoms with Gasteiger partial charge in [0.2, 0.25) is 21.1 Å². The summed E-state index contributed by atoms with van der Waals surface area (Å²) in [6, 6.07) is 0. The van der Waals surface area contributed by atoms with Crippen molar-refractivity contribution in [3.05, 3.63) is 0 Å². The fourth-order valence-corrected chi connectivity index (χ4v) is 4.66. The summed E-state index contributed by atoms with van der Waals surface area (Å²) in [5, 5.41) is 10.7. The lowest BCUT2D eigenvalue weighted by Gasteiger charge is -2.29. The molecule has 134 valence electrons. The van der Waals surface area contributed by atoms with Crippen molar-refractivity contribution in [3.63, 3.8) is 0 Å². The summed E-state index contributed by atoms with van der Waals surface area (Å²) >= 11 is 2.33. The van der Waals surface area contributed by atoms with E-state index in [2.05, 4.69) is 20.3 Å². The second-order valence-electron chi connectivity index (χ2n) is 5.19. The first-order chi connectivity index (χ1) is 11.3. The molecule has 1 aliphatic heterocycles. The first-order valence-corrected chi connectivity index (χ1v) is 10.7. The number of piperidine rings is 1. The summed E-state index contributed by atoms with van der Waals surface area (Å²) in [6.07, 6.45) is 2.41. The van der Waals surface area contributed by atoms with E-state index in [1.165, 1.54) is 23.2 Å². The first kappa shape index (κ1) is 19.1. The van der Waals surface area contributed by atoms with E-state index in [-0.39, 0.29) is 24.2 Å². The van der Waals surface area contributed by atoms with Gasteiger partial charge in [0.05, 0.1) is 25.0 Å². The Morgan fingerprint density at radius 1 is 1.46 bits per heavy atom. The minimum atomic E-state index is -3.30. The number of sulfonamides is 1. The second kappa shape index (κ2) is 8.23. The third kappa shape index (κ3) is 5.40. The number of amides is 1. The third-order valence-corrected chi connectivity index (χ3v) is 6.62. The highest BCUT2D eigenvalue weighted by Gasteiger charge is 2.30. The summed E-state index contributed by atoms with van der Waals surface area (Å²) < 4.78 is 29.6. The zero-order chi connectivity index (χ0) is 17.7. The quantitative estimate of drug-likeness (QED) is 0.419. The zero-order valence-electron chi connectivity index (χ0n) is 13.2. The monoisotopic (exact) mass is 394 g/mol. The molecular weight excluding hydrogens is 376 g/mol. The van der Waals surface area contributed by atoms with Crippen LogP contribution in [0.5, 0.6) is 0 Å². The van der Waals surface area contributed by atoms with Gasteiger partial charge in [0.25, 0.3) is 0 Å². The molecule has 1 fully saturated rings. The molecule has 2 heterocycles. The molecule has 1 aliphatic rings. The number of anilines is 1. The Kier molecular flexibility index (Phi) is 6.54. The topological polar surface area (TPSA) is 119 Å². The number of nitrogens with one attached hydrogen (secondary N) is 1. The number of carbonyl (C=O) groups is 2. The molecule has 1 N–H and O–H groups in total. The van der Waals surface area contributed by atoms with Gasteiger partial charge in [-0.05, 0) is 12.8 Å². The molecule has 0 radical (unpaired) electrons. The number of hydrogen-bond donors (Lipinski definition) is 1. The minimum Gasteiger partial charge on any atom is -0.468 e. The van der Waals surface area contributed by atoms with Crippen molar-refractivity contribution in [2.45, 2.75) is 17.2 Å². The molecule has 0 bridgehead atoms. The van der Waals surface area contributed by atoms with Gasteiger partial charge >= 0.3 is 5.97 Å². The number of thioether (sulfide) groups is 1. The molecule has 0 spiro atoms. The van der Waals surface area contributed by atoms with Crippen LogP contribution in [0.2, 0.25) is 0 Å². The smallest absolute Gasteiger partial charge is 0.316 e. The maximum atomic E-state index is 12.3. The van der Waals surface area contributed by atoms with Crippen LogP contribution < -0.4 is 5.32 Å². The fraction of sp³-hybridized carbons (Fsp3) is 0.667. The number of aromatic nitrogens is 2. The van der Waals surface area contributed by atoms with Gasteiger partial charge in [0, 0.05) is 13.1 Å². The van der Waals surface area contributed by atoms with Crippen molar-refractivity contribution < 1.29 is 22.7 Å². The largest absolute Gasteiger partial charge is 0.468 e. The van der Waals surface area contributed by atoms with E-state index in [1.807, 2.05) is 0 Å². The molecule has 1 amide bonds. The van der Waals surface area contributed by atoms with Crippen molar-refractivity contribution in [2.24, 2.45) is 5.92 Å². The predicted molar refractivity (Wildman–Crippen MR) is 90.4 cm³/mol. The standard InChI is InChI=1S/C12H18N4O5S3/c1-21-9(17)7-22-12-15-14-11(23-12)13-10(18)8-4-3-5-16(6-8)24(2,19)20/h8H,3-7H2,1-2H3,(H,13,14,18). The Hall–Kier alpha value is -1.24. The summed E-state index contributed by atoms with van der Waals surface area (Å²) in [4.78, 5) is 23.4. The van der Waals surface area contributed by atoms with E-state index in [1.54, 1.807) is 0 Å². The molecule has 0 saturated carbocycles. The molecule has 0 aliphatic carbocycles. The third-order valence-electron chi connectivity index (χ3n) is 3.40.